The van der Waals surface area contributed by atoms with E-state index in [-0.39, 0.29) is 5.75 Å². The van der Waals surface area contributed by atoms with Gasteiger partial charge in [-0.25, -0.2) is 8.42 Å². The van der Waals surface area contributed by atoms with Crippen molar-refractivity contribution in [3.05, 3.63) is 0 Å². The Morgan fingerprint density at radius 1 is 1.35 bits per heavy atom. The van der Waals surface area contributed by atoms with Gasteiger partial charge in [-0.2, -0.15) is 11.8 Å². The van der Waals surface area contributed by atoms with E-state index in [1.54, 1.807) is 11.8 Å². The highest BCUT2D eigenvalue weighted by Crippen LogP contribution is 2.40. The fraction of sp³-hybridized carbons (Fsp3) is 1.00. The smallest absolute Gasteiger partial charge is 0.169 e. The number of rotatable bonds is 6. The molecule has 1 aliphatic carbocycles. The third-order valence-corrected chi connectivity index (χ3v) is 6.43. The number of hydrogen-bond acceptors (Lipinski definition) is 6. The molecule has 0 aromatic carbocycles. The van der Waals surface area contributed by atoms with Crippen LogP contribution in [0.5, 0.6) is 0 Å². The summed E-state index contributed by atoms with van der Waals surface area (Å²) in [6.45, 7) is 4.38. The van der Waals surface area contributed by atoms with Crippen LogP contribution in [-0.2, 0) is 19.3 Å². The lowest BCUT2D eigenvalue weighted by Crippen LogP contribution is -2.49. The summed E-state index contributed by atoms with van der Waals surface area (Å²) in [7, 11) is -2.89. The maximum absolute atomic E-state index is 11.3. The van der Waals surface area contributed by atoms with Crippen LogP contribution in [0.15, 0.2) is 0 Å². The summed E-state index contributed by atoms with van der Waals surface area (Å²) >= 11 is 1.73. The van der Waals surface area contributed by atoms with Crippen molar-refractivity contribution in [2.75, 3.05) is 37.5 Å². The first kappa shape index (κ1) is 16.5. The SMILES string of the molecule is CCNC1CCC2(CC1SCCS(C)(=O)=O)OCCO2. The van der Waals surface area contributed by atoms with Crippen LogP contribution in [0.25, 0.3) is 0 Å². The molecule has 0 bridgehead atoms. The number of sulfone groups is 1. The fourth-order valence-corrected chi connectivity index (χ4v) is 5.63. The topological polar surface area (TPSA) is 64.6 Å². The summed E-state index contributed by atoms with van der Waals surface area (Å²) in [6, 6.07) is 0.419. The van der Waals surface area contributed by atoms with E-state index >= 15 is 0 Å². The molecule has 2 atom stereocenters. The Kier molecular flexibility index (Phi) is 5.76. The van der Waals surface area contributed by atoms with Gasteiger partial charge in [0.2, 0.25) is 0 Å². The molecule has 1 aliphatic heterocycles. The molecule has 1 saturated heterocycles. The average molecular weight is 323 g/mol. The molecule has 2 aliphatic rings. The monoisotopic (exact) mass is 323 g/mol. The Morgan fingerprint density at radius 3 is 2.65 bits per heavy atom. The zero-order chi connectivity index (χ0) is 14.6. The zero-order valence-corrected chi connectivity index (χ0v) is 13.9. The van der Waals surface area contributed by atoms with E-state index in [1.807, 2.05) is 0 Å². The van der Waals surface area contributed by atoms with Crippen LogP contribution in [-0.4, -0.2) is 63.0 Å². The van der Waals surface area contributed by atoms with E-state index in [4.69, 9.17) is 9.47 Å². The second-order valence-corrected chi connectivity index (χ2v) is 9.16. The second-order valence-electron chi connectivity index (χ2n) is 5.55. The Balaban J connectivity index is 1.92. The standard InChI is InChI=1S/C13H25NO4S2/c1-3-14-11-4-5-13(17-6-7-18-13)10-12(11)19-8-9-20(2,15)16/h11-12,14H,3-10H2,1-2H3. The van der Waals surface area contributed by atoms with E-state index in [9.17, 15) is 8.42 Å². The fourth-order valence-electron chi connectivity index (χ4n) is 2.89. The first-order valence-electron chi connectivity index (χ1n) is 7.25. The van der Waals surface area contributed by atoms with Crippen LogP contribution in [0.4, 0.5) is 0 Å². The minimum atomic E-state index is -2.89. The minimum Gasteiger partial charge on any atom is -0.347 e. The normalized spacial score (nSPS) is 29.9. The second kappa shape index (κ2) is 6.96. The number of nitrogens with one attached hydrogen (secondary N) is 1. The van der Waals surface area contributed by atoms with Crippen molar-refractivity contribution in [3.8, 4) is 0 Å². The lowest BCUT2D eigenvalue weighted by molar-refractivity contribution is -0.178. The first-order valence-corrected chi connectivity index (χ1v) is 10.4. The third kappa shape index (κ3) is 4.59. The lowest BCUT2D eigenvalue weighted by Gasteiger charge is -2.41. The van der Waals surface area contributed by atoms with Crippen LogP contribution >= 0.6 is 11.8 Å². The van der Waals surface area contributed by atoms with E-state index in [0.29, 0.717) is 30.3 Å². The molecule has 0 aromatic rings. The molecule has 1 spiro atoms. The molecule has 2 unspecified atom stereocenters. The third-order valence-electron chi connectivity index (χ3n) is 3.86. The lowest BCUT2D eigenvalue weighted by atomic mass is 9.89. The van der Waals surface area contributed by atoms with Crippen molar-refractivity contribution < 1.29 is 17.9 Å². The first-order chi connectivity index (χ1) is 9.44. The molecule has 118 valence electrons. The largest absolute Gasteiger partial charge is 0.347 e. The molecular weight excluding hydrogens is 298 g/mol. The van der Waals surface area contributed by atoms with Gasteiger partial charge in [0.25, 0.3) is 0 Å². The molecule has 0 amide bonds. The van der Waals surface area contributed by atoms with Gasteiger partial charge in [0.15, 0.2) is 5.79 Å². The van der Waals surface area contributed by atoms with Gasteiger partial charge in [0, 0.05) is 36.1 Å². The van der Waals surface area contributed by atoms with Gasteiger partial charge in [0.05, 0.1) is 19.0 Å². The summed E-state index contributed by atoms with van der Waals surface area (Å²) in [4.78, 5) is 0. The predicted molar refractivity (Wildman–Crippen MR) is 81.9 cm³/mol. The van der Waals surface area contributed by atoms with E-state index < -0.39 is 15.6 Å². The maximum Gasteiger partial charge on any atom is 0.169 e. The Labute approximate surface area is 126 Å². The van der Waals surface area contributed by atoms with Gasteiger partial charge in [-0.3, -0.25) is 0 Å². The summed E-state index contributed by atoms with van der Waals surface area (Å²) in [6.07, 6.45) is 4.08. The molecule has 2 fully saturated rings. The highest BCUT2D eigenvalue weighted by Gasteiger charge is 2.44. The highest BCUT2D eigenvalue weighted by molar-refractivity contribution is 8.01. The van der Waals surface area contributed by atoms with E-state index in [1.165, 1.54) is 6.26 Å². The molecule has 2 rings (SSSR count). The quantitative estimate of drug-likeness (QED) is 0.788. The van der Waals surface area contributed by atoms with Crippen LogP contribution in [0, 0.1) is 0 Å². The molecular formula is C13H25NO4S2. The zero-order valence-electron chi connectivity index (χ0n) is 12.3. The van der Waals surface area contributed by atoms with Gasteiger partial charge < -0.3 is 14.8 Å². The van der Waals surface area contributed by atoms with Gasteiger partial charge in [0.1, 0.15) is 9.84 Å². The number of hydrogen-bond donors (Lipinski definition) is 1. The van der Waals surface area contributed by atoms with Crippen molar-refractivity contribution >= 4 is 21.6 Å². The molecule has 7 heteroatoms. The molecule has 1 N–H and O–H groups in total. The predicted octanol–water partition coefficient (Wildman–Crippen LogP) is 1.04. The van der Waals surface area contributed by atoms with Crippen LogP contribution in [0.1, 0.15) is 26.2 Å². The van der Waals surface area contributed by atoms with E-state index in [0.717, 1.165) is 25.8 Å². The van der Waals surface area contributed by atoms with Crippen LogP contribution in [0.3, 0.4) is 0 Å². The highest BCUT2D eigenvalue weighted by atomic mass is 32.2. The maximum atomic E-state index is 11.3. The molecule has 1 saturated carbocycles. The van der Waals surface area contributed by atoms with Crippen molar-refractivity contribution in [1.82, 2.24) is 5.32 Å². The molecule has 5 nitrogen and oxygen atoms in total. The number of ether oxygens (including phenoxy) is 2. The van der Waals surface area contributed by atoms with Gasteiger partial charge in [-0.15, -0.1) is 0 Å². The van der Waals surface area contributed by atoms with Crippen molar-refractivity contribution in [3.63, 3.8) is 0 Å². The van der Waals surface area contributed by atoms with Crippen LogP contribution < -0.4 is 5.32 Å². The summed E-state index contributed by atoms with van der Waals surface area (Å²) in [5, 5.41) is 3.86. The Morgan fingerprint density at radius 2 is 2.05 bits per heavy atom. The van der Waals surface area contributed by atoms with Gasteiger partial charge in [-0.1, -0.05) is 6.92 Å². The van der Waals surface area contributed by atoms with Crippen molar-refractivity contribution in [2.24, 2.45) is 0 Å². The molecule has 0 aromatic heterocycles. The van der Waals surface area contributed by atoms with Crippen molar-refractivity contribution in [2.45, 2.75) is 43.3 Å². The van der Waals surface area contributed by atoms with Gasteiger partial charge >= 0.3 is 0 Å². The molecule has 0 radical (unpaired) electrons. The summed E-state index contributed by atoms with van der Waals surface area (Å²) in [5.41, 5.74) is 0. The summed E-state index contributed by atoms with van der Waals surface area (Å²) < 4.78 is 34.1. The van der Waals surface area contributed by atoms with Crippen molar-refractivity contribution in [1.29, 1.82) is 0 Å². The van der Waals surface area contributed by atoms with Gasteiger partial charge in [-0.05, 0) is 13.0 Å². The molecule has 20 heavy (non-hydrogen) atoms. The minimum absolute atomic E-state index is 0.238. The number of thioether (sulfide) groups is 1. The van der Waals surface area contributed by atoms with E-state index in [2.05, 4.69) is 12.2 Å². The average Bonchev–Trinajstić information content (AvgIpc) is 2.80. The Hall–Kier alpha value is 0.180. The summed E-state index contributed by atoms with van der Waals surface area (Å²) in [5.74, 6) is 0.470. The molecule has 1 heterocycles. The Bertz CT molecular complexity index is 407. The van der Waals surface area contributed by atoms with Crippen LogP contribution in [0.2, 0.25) is 0 Å².